The maximum Gasteiger partial charge on any atom is 0.235 e. The van der Waals surface area contributed by atoms with Crippen LogP contribution >= 0.6 is 0 Å². The summed E-state index contributed by atoms with van der Waals surface area (Å²) in [6, 6.07) is 5.70. The Morgan fingerprint density at radius 2 is 1.71 bits per heavy atom. The van der Waals surface area contributed by atoms with Gasteiger partial charge in [-0.25, -0.2) is 8.42 Å². The first-order chi connectivity index (χ1) is 9.90. The molecule has 0 radical (unpaired) electrons. The average Bonchev–Trinajstić information content (AvgIpc) is 2.46. The van der Waals surface area contributed by atoms with Crippen molar-refractivity contribution in [1.29, 1.82) is 0 Å². The van der Waals surface area contributed by atoms with E-state index in [0.29, 0.717) is 18.5 Å². The smallest absolute Gasteiger partial charge is 0.235 e. The van der Waals surface area contributed by atoms with Crippen LogP contribution in [0.15, 0.2) is 29.2 Å². The van der Waals surface area contributed by atoms with Gasteiger partial charge in [-0.2, -0.15) is 0 Å². The minimum absolute atomic E-state index is 0.0451. The van der Waals surface area contributed by atoms with Crippen LogP contribution in [0.25, 0.3) is 0 Å². The lowest BCUT2D eigenvalue weighted by Gasteiger charge is -2.06. The predicted octanol–water partition coefficient (Wildman–Crippen LogP) is 1.97. The highest BCUT2D eigenvalue weighted by molar-refractivity contribution is 7.92. The van der Waals surface area contributed by atoms with Gasteiger partial charge in [0.15, 0.2) is 15.6 Å². The topological polar surface area (TPSA) is 80.3 Å². The summed E-state index contributed by atoms with van der Waals surface area (Å²) in [6.07, 6.45) is 2.12. The van der Waals surface area contributed by atoms with E-state index in [1.807, 2.05) is 6.92 Å². The molecule has 1 aromatic rings. The van der Waals surface area contributed by atoms with Gasteiger partial charge < -0.3 is 5.32 Å². The molecule has 0 fully saturated rings. The van der Waals surface area contributed by atoms with Crippen LogP contribution < -0.4 is 5.32 Å². The third-order valence-corrected chi connectivity index (χ3v) is 4.66. The predicted molar refractivity (Wildman–Crippen MR) is 81.0 cm³/mol. The summed E-state index contributed by atoms with van der Waals surface area (Å²) in [5, 5.41) is 2.58. The molecule has 116 valence electrons. The number of carbonyl (C=O) groups is 2. The Morgan fingerprint density at radius 3 is 2.24 bits per heavy atom. The highest BCUT2D eigenvalue weighted by atomic mass is 32.2. The van der Waals surface area contributed by atoms with Gasteiger partial charge in [-0.05, 0) is 18.6 Å². The summed E-state index contributed by atoms with van der Waals surface area (Å²) < 4.78 is 24.2. The van der Waals surface area contributed by atoms with Gasteiger partial charge in [0.1, 0.15) is 5.75 Å². The van der Waals surface area contributed by atoms with Crippen molar-refractivity contribution in [3.8, 4) is 0 Å². The molecular formula is C15H21NO4S. The summed E-state index contributed by atoms with van der Waals surface area (Å²) >= 11 is 0. The number of unbranched alkanes of at least 4 members (excludes halogenated alkanes) is 1. The fraction of sp³-hybridized carbons (Fsp3) is 0.467. The highest BCUT2D eigenvalue weighted by Crippen LogP contribution is 2.13. The second kappa shape index (κ2) is 7.93. The second-order valence-electron chi connectivity index (χ2n) is 4.76. The van der Waals surface area contributed by atoms with Crippen molar-refractivity contribution in [3.63, 3.8) is 0 Å². The van der Waals surface area contributed by atoms with Crippen LogP contribution in [-0.2, 0) is 14.6 Å². The monoisotopic (exact) mass is 311 g/mol. The van der Waals surface area contributed by atoms with E-state index in [9.17, 15) is 18.0 Å². The zero-order valence-electron chi connectivity index (χ0n) is 12.4. The Morgan fingerprint density at radius 1 is 1.10 bits per heavy atom. The molecule has 0 heterocycles. The Hall–Kier alpha value is -1.69. The lowest BCUT2D eigenvalue weighted by atomic mass is 10.1. The maximum absolute atomic E-state index is 12.1. The first kappa shape index (κ1) is 17.4. The number of Topliss-reactive ketones (excluding diaryl/α,β-unsaturated/α-hetero) is 1. The normalized spacial score (nSPS) is 11.1. The Labute approximate surface area is 125 Å². The Kier molecular flexibility index (Phi) is 6.55. The van der Waals surface area contributed by atoms with Crippen molar-refractivity contribution in [2.24, 2.45) is 0 Å². The Bertz CT molecular complexity index is 591. The summed E-state index contributed by atoms with van der Waals surface area (Å²) in [5.41, 5.74) is 0.476. The maximum atomic E-state index is 12.1. The summed E-state index contributed by atoms with van der Waals surface area (Å²) in [4.78, 5) is 23.1. The number of hydrogen-bond acceptors (Lipinski definition) is 4. The van der Waals surface area contributed by atoms with E-state index in [4.69, 9.17) is 0 Å². The molecule has 0 aromatic heterocycles. The number of rotatable bonds is 8. The molecule has 0 unspecified atom stereocenters. The molecule has 0 bridgehead atoms. The number of benzene rings is 1. The van der Waals surface area contributed by atoms with Gasteiger partial charge in [-0.15, -0.1) is 0 Å². The van der Waals surface area contributed by atoms with E-state index < -0.39 is 21.5 Å². The molecule has 0 aliphatic heterocycles. The van der Waals surface area contributed by atoms with Crippen molar-refractivity contribution in [2.75, 3.05) is 12.3 Å². The molecule has 0 aliphatic carbocycles. The molecule has 0 aliphatic rings. The van der Waals surface area contributed by atoms with Gasteiger partial charge >= 0.3 is 0 Å². The molecule has 1 rings (SSSR count). The van der Waals surface area contributed by atoms with Gasteiger partial charge in [0.25, 0.3) is 0 Å². The van der Waals surface area contributed by atoms with E-state index in [2.05, 4.69) is 5.32 Å². The number of nitrogens with one attached hydrogen (secondary N) is 1. The molecule has 1 amide bonds. The third-order valence-electron chi connectivity index (χ3n) is 3.03. The van der Waals surface area contributed by atoms with E-state index >= 15 is 0 Å². The van der Waals surface area contributed by atoms with Gasteiger partial charge in [0, 0.05) is 18.5 Å². The lowest BCUT2D eigenvalue weighted by Crippen LogP contribution is -2.31. The second-order valence-corrected chi connectivity index (χ2v) is 6.75. The lowest BCUT2D eigenvalue weighted by molar-refractivity contribution is -0.118. The molecule has 6 heteroatoms. The van der Waals surface area contributed by atoms with Crippen LogP contribution in [0.5, 0.6) is 0 Å². The van der Waals surface area contributed by atoms with Crippen LogP contribution in [0, 0.1) is 0 Å². The van der Waals surface area contributed by atoms with Gasteiger partial charge in [-0.1, -0.05) is 32.4 Å². The molecule has 0 saturated carbocycles. The minimum atomic E-state index is -3.67. The molecule has 0 atom stereocenters. The Balaban J connectivity index is 2.74. The van der Waals surface area contributed by atoms with Crippen molar-refractivity contribution < 1.29 is 18.0 Å². The molecule has 1 N–H and O–H groups in total. The van der Waals surface area contributed by atoms with E-state index in [0.717, 1.165) is 12.8 Å². The standard InChI is InChI=1S/C15H21NO4S/c1-3-5-10-16-15(18)11-21(19,20)13-8-6-12(7-9-13)14(17)4-2/h6-9H,3-5,10-11H2,1-2H3,(H,16,18). The van der Waals surface area contributed by atoms with Crippen molar-refractivity contribution >= 4 is 21.5 Å². The van der Waals surface area contributed by atoms with Gasteiger partial charge in [0.2, 0.25) is 5.91 Å². The molecule has 0 spiro atoms. The van der Waals surface area contributed by atoms with Crippen LogP contribution in [0.2, 0.25) is 0 Å². The number of carbonyl (C=O) groups excluding carboxylic acids is 2. The molecule has 5 nitrogen and oxygen atoms in total. The third kappa shape index (κ3) is 5.30. The van der Waals surface area contributed by atoms with Gasteiger partial charge in [-0.3, -0.25) is 9.59 Å². The first-order valence-corrected chi connectivity index (χ1v) is 8.68. The number of amides is 1. The number of ketones is 1. The van der Waals surface area contributed by atoms with Crippen LogP contribution in [0.3, 0.4) is 0 Å². The van der Waals surface area contributed by atoms with Crippen molar-refractivity contribution in [2.45, 2.75) is 38.0 Å². The average molecular weight is 311 g/mol. The van der Waals surface area contributed by atoms with Crippen molar-refractivity contribution in [3.05, 3.63) is 29.8 Å². The molecule has 21 heavy (non-hydrogen) atoms. The summed E-state index contributed by atoms with van der Waals surface area (Å²) in [6.45, 7) is 4.21. The van der Waals surface area contributed by atoms with E-state index in [-0.39, 0.29) is 10.7 Å². The minimum Gasteiger partial charge on any atom is -0.355 e. The van der Waals surface area contributed by atoms with E-state index in [1.165, 1.54) is 24.3 Å². The van der Waals surface area contributed by atoms with Crippen LogP contribution in [-0.4, -0.2) is 32.4 Å². The highest BCUT2D eigenvalue weighted by Gasteiger charge is 2.19. The van der Waals surface area contributed by atoms with Crippen molar-refractivity contribution in [1.82, 2.24) is 5.32 Å². The van der Waals surface area contributed by atoms with E-state index in [1.54, 1.807) is 6.92 Å². The fourth-order valence-corrected chi connectivity index (χ4v) is 2.93. The van der Waals surface area contributed by atoms with Crippen LogP contribution in [0.4, 0.5) is 0 Å². The molecular weight excluding hydrogens is 290 g/mol. The summed E-state index contributed by atoms with van der Waals surface area (Å²) in [7, 11) is -3.67. The summed E-state index contributed by atoms with van der Waals surface area (Å²) in [5.74, 6) is -1.12. The number of sulfone groups is 1. The largest absolute Gasteiger partial charge is 0.355 e. The number of hydrogen-bond donors (Lipinski definition) is 1. The quantitative estimate of drug-likeness (QED) is 0.588. The van der Waals surface area contributed by atoms with Crippen LogP contribution in [0.1, 0.15) is 43.5 Å². The first-order valence-electron chi connectivity index (χ1n) is 7.03. The fourth-order valence-electron chi connectivity index (χ4n) is 1.76. The zero-order valence-corrected chi connectivity index (χ0v) is 13.2. The van der Waals surface area contributed by atoms with Gasteiger partial charge in [0.05, 0.1) is 4.90 Å². The molecule has 0 saturated heterocycles. The molecule has 1 aromatic carbocycles. The SMILES string of the molecule is CCCCNC(=O)CS(=O)(=O)c1ccc(C(=O)CC)cc1. The zero-order chi connectivity index (χ0) is 15.9.